The average molecular weight is 332 g/mol. The Bertz CT molecular complexity index is 526. The fourth-order valence-electron chi connectivity index (χ4n) is 3.58. The number of carbonyl (C=O) groups excluding carboxylic acids is 1. The summed E-state index contributed by atoms with van der Waals surface area (Å²) in [6, 6.07) is 8.13. The van der Waals surface area contributed by atoms with Gasteiger partial charge < -0.3 is 14.4 Å². The van der Waals surface area contributed by atoms with Gasteiger partial charge in [0.25, 0.3) is 5.91 Å². The highest BCUT2D eigenvalue weighted by Gasteiger charge is 2.22. The highest BCUT2D eigenvalue weighted by atomic mass is 16.5. The van der Waals surface area contributed by atoms with Gasteiger partial charge in [0.15, 0.2) is 6.61 Å². The molecule has 5 heteroatoms. The maximum atomic E-state index is 12.0. The molecule has 5 nitrogen and oxygen atoms in total. The molecule has 0 aromatic heterocycles. The maximum Gasteiger partial charge on any atom is 0.260 e. The number of rotatable bonds is 7. The van der Waals surface area contributed by atoms with Crippen LogP contribution in [0.2, 0.25) is 0 Å². The second-order valence-corrected chi connectivity index (χ2v) is 6.87. The lowest BCUT2D eigenvalue weighted by atomic mass is 10.1. The third-order valence-electron chi connectivity index (χ3n) is 4.92. The Hall–Kier alpha value is -1.59. The largest absolute Gasteiger partial charge is 0.484 e. The first-order valence-electron chi connectivity index (χ1n) is 8.95. The van der Waals surface area contributed by atoms with Crippen LogP contribution in [-0.2, 0) is 16.1 Å². The van der Waals surface area contributed by atoms with Gasteiger partial charge in [-0.25, -0.2) is 0 Å². The molecule has 0 spiro atoms. The monoisotopic (exact) mass is 332 g/mol. The van der Waals surface area contributed by atoms with Crippen molar-refractivity contribution in [2.45, 2.75) is 25.8 Å². The number of amides is 1. The lowest BCUT2D eigenvalue weighted by Crippen LogP contribution is -2.32. The molecule has 1 aromatic carbocycles. The number of methoxy groups -OCH3 is 1. The van der Waals surface area contributed by atoms with E-state index >= 15 is 0 Å². The molecule has 2 fully saturated rings. The van der Waals surface area contributed by atoms with Crippen LogP contribution in [0.1, 0.15) is 24.8 Å². The van der Waals surface area contributed by atoms with Crippen LogP contribution in [0.15, 0.2) is 24.3 Å². The molecule has 2 aliphatic heterocycles. The second kappa shape index (κ2) is 8.49. The Labute approximate surface area is 144 Å². The smallest absolute Gasteiger partial charge is 0.260 e. The van der Waals surface area contributed by atoms with E-state index in [2.05, 4.69) is 17.0 Å². The molecule has 0 aliphatic carbocycles. The van der Waals surface area contributed by atoms with Gasteiger partial charge in [0, 0.05) is 33.3 Å². The summed E-state index contributed by atoms with van der Waals surface area (Å²) in [7, 11) is 1.77. The van der Waals surface area contributed by atoms with E-state index in [0.717, 1.165) is 57.9 Å². The van der Waals surface area contributed by atoms with Crippen molar-refractivity contribution >= 4 is 5.91 Å². The number of benzene rings is 1. The lowest BCUT2D eigenvalue weighted by Gasteiger charge is -2.17. The molecule has 132 valence electrons. The molecule has 1 unspecified atom stereocenters. The quantitative estimate of drug-likeness (QED) is 0.767. The first-order chi connectivity index (χ1) is 11.7. The van der Waals surface area contributed by atoms with Crippen molar-refractivity contribution in [2.24, 2.45) is 5.92 Å². The van der Waals surface area contributed by atoms with Crippen LogP contribution in [0.25, 0.3) is 0 Å². The zero-order valence-electron chi connectivity index (χ0n) is 14.6. The van der Waals surface area contributed by atoms with Crippen LogP contribution in [0, 0.1) is 5.92 Å². The summed E-state index contributed by atoms with van der Waals surface area (Å²) in [5.74, 6) is 1.53. The van der Waals surface area contributed by atoms with Gasteiger partial charge in [-0.2, -0.15) is 0 Å². The topological polar surface area (TPSA) is 42.0 Å². The average Bonchev–Trinajstić information content (AvgIpc) is 3.26. The molecule has 0 saturated carbocycles. The minimum absolute atomic E-state index is 0.0952. The molecule has 0 N–H and O–H groups in total. The van der Waals surface area contributed by atoms with Crippen molar-refractivity contribution in [1.82, 2.24) is 9.80 Å². The van der Waals surface area contributed by atoms with Gasteiger partial charge in [-0.15, -0.1) is 0 Å². The lowest BCUT2D eigenvalue weighted by molar-refractivity contribution is -0.132. The number of nitrogens with zero attached hydrogens (tertiary/aromatic N) is 2. The Kier molecular flexibility index (Phi) is 6.10. The van der Waals surface area contributed by atoms with Crippen LogP contribution in [-0.4, -0.2) is 62.2 Å². The summed E-state index contributed by atoms with van der Waals surface area (Å²) >= 11 is 0. The maximum absolute atomic E-state index is 12.0. The van der Waals surface area contributed by atoms with Crippen LogP contribution >= 0.6 is 0 Å². The molecule has 1 amide bonds. The van der Waals surface area contributed by atoms with Crippen molar-refractivity contribution in [2.75, 3.05) is 46.5 Å². The molecule has 0 radical (unpaired) electrons. The van der Waals surface area contributed by atoms with E-state index in [-0.39, 0.29) is 12.5 Å². The third-order valence-corrected chi connectivity index (χ3v) is 4.92. The number of hydrogen-bond acceptors (Lipinski definition) is 4. The minimum Gasteiger partial charge on any atom is -0.484 e. The van der Waals surface area contributed by atoms with E-state index in [0.29, 0.717) is 5.92 Å². The molecule has 0 bridgehead atoms. The van der Waals surface area contributed by atoms with Crippen molar-refractivity contribution in [3.05, 3.63) is 29.8 Å². The predicted octanol–water partition coefficient (Wildman–Crippen LogP) is 2.16. The Morgan fingerprint density at radius 2 is 1.92 bits per heavy atom. The van der Waals surface area contributed by atoms with Crippen LogP contribution in [0.4, 0.5) is 0 Å². The Morgan fingerprint density at radius 3 is 2.62 bits per heavy atom. The summed E-state index contributed by atoms with van der Waals surface area (Å²) in [6.07, 6.45) is 3.44. The summed E-state index contributed by atoms with van der Waals surface area (Å²) in [5, 5.41) is 0. The van der Waals surface area contributed by atoms with Crippen LogP contribution in [0.5, 0.6) is 5.75 Å². The van der Waals surface area contributed by atoms with Crippen LogP contribution < -0.4 is 4.74 Å². The molecular formula is C19H28N2O3. The highest BCUT2D eigenvalue weighted by molar-refractivity contribution is 5.78. The van der Waals surface area contributed by atoms with Gasteiger partial charge in [0.2, 0.25) is 0 Å². The predicted molar refractivity (Wildman–Crippen MR) is 93.0 cm³/mol. The second-order valence-electron chi connectivity index (χ2n) is 6.87. The van der Waals surface area contributed by atoms with E-state index in [9.17, 15) is 4.79 Å². The number of carbonyl (C=O) groups is 1. The summed E-state index contributed by atoms with van der Waals surface area (Å²) in [5.41, 5.74) is 1.28. The fourth-order valence-corrected chi connectivity index (χ4v) is 3.58. The molecule has 3 rings (SSSR count). The zero-order chi connectivity index (χ0) is 16.8. The molecule has 2 aliphatic rings. The standard InChI is InChI=1S/C19H28N2O3/c1-23-14-17-8-11-20(13-17)12-16-4-6-18(7-5-16)24-15-19(22)21-9-2-3-10-21/h4-7,17H,2-3,8-15H2,1H3. The molecular weight excluding hydrogens is 304 g/mol. The number of ether oxygens (including phenoxy) is 2. The number of hydrogen-bond donors (Lipinski definition) is 0. The first-order valence-corrected chi connectivity index (χ1v) is 8.95. The van der Waals surface area contributed by atoms with Gasteiger partial charge in [0.1, 0.15) is 5.75 Å². The highest BCUT2D eigenvalue weighted by Crippen LogP contribution is 2.20. The van der Waals surface area contributed by atoms with E-state index in [1.54, 1.807) is 7.11 Å². The van der Waals surface area contributed by atoms with Crippen molar-refractivity contribution in [1.29, 1.82) is 0 Å². The Balaban J connectivity index is 1.42. The summed E-state index contributed by atoms with van der Waals surface area (Å²) < 4.78 is 10.9. The van der Waals surface area contributed by atoms with Gasteiger partial charge >= 0.3 is 0 Å². The van der Waals surface area contributed by atoms with Gasteiger partial charge in [0.05, 0.1) is 6.61 Å². The summed E-state index contributed by atoms with van der Waals surface area (Å²) in [4.78, 5) is 16.3. The van der Waals surface area contributed by atoms with E-state index in [1.165, 1.54) is 12.0 Å². The third kappa shape index (κ3) is 4.71. The SMILES string of the molecule is COCC1CCN(Cc2ccc(OCC(=O)N3CCCC3)cc2)C1. The van der Waals surface area contributed by atoms with Gasteiger partial charge in [-0.1, -0.05) is 12.1 Å². The number of likely N-dealkylation sites (tertiary alicyclic amines) is 2. The van der Waals surface area contributed by atoms with Crippen molar-refractivity contribution in [3.63, 3.8) is 0 Å². The molecule has 1 aromatic rings. The van der Waals surface area contributed by atoms with Crippen LogP contribution in [0.3, 0.4) is 0 Å². The minimum atomic E-state index is 0.0952. The van der Waals surface area contributed by atoms with Crippen molar-refractivity contribution < 1.29 is 14.3 Å². The Morgan fingerprint density at radius 1 is 1.17 bits per heavy atom. The van der Waals surface area contributed by atoms with E-state index < -0.39 is 0 Å². The van der Waals surface area contributed by atoms with Gasteiger partial charge in [-0.05, 0) is 49.4 Å². The van der Waals surface area contributed by atoms with E-state index in [4.69, 9.17) is 9.47 Å². The first kappa shape index (κ1) is 17.2. The normalized spacial score (nSPS) is 21.4. The van der Waals surface area contributed by atoms with Gasteiger partial charge in [-0.3, -0.25) is 9.69 Å². The van der Waals surface area contributed by atoms with E-state index in [1.807, 2.05) is 17.0 Å². The van der Waals surface area contributed by atoms with Crippen molar-refractivity contribution in [3.8, 4) is 5.75 Å². The fraction of sp³-hybridized carbons (Fsp3) is 0.632. The molecule has 2 saturated heterocycles. The zero-order valence-corrected chi connectivity index (χ0v) is 14.6. The molecule has 24 heavy (non-hydrogen) atoms. The molecule has 2 heterocycles. The molecule has 1 atom stereocenters. The summed E-state index contributed by atoms with van der Waals surface area (Å²) in [6.45, 7) is 5.96.